The molecule has 1 heterocycles. The van der Waals surface area contributed by atoms with Gasteiger partial charge in [0.2, 0.25) is 0 Å². The van der Waals surface area contributed by atoms with Gasteiger partial charge in [0.05, 0.1) is 13.2 Å². The van der Waals surface area contributed by atoms with Crippen molar-refractivity contribution in [3.63, 3.8) is 0 Å². The third-order valence-electron chi connectivity index (χ3n) is 11.5. The molecule has 0 spiro atoms. The number of allylic oxidation sites excluding steroid dienone is 6. The van der Waals surface area contributed by atoms with E-state index in [4.69, 9.17) is 18.9 Å². The van der Waals surface area contributed by atoms with E-state index in [0.717, 1.165) is 44.9 Å². The first-order chi connectivity index (χ1) is 29.8. The van der Waals surface area contributed by atoms with E-state index >= 15 is 0 Å². The Balaban J connectivity index is 2.30. The molecule has 1 fully saturated rings. The van der Waals surface area contributed by atoms with E-state index in [1.165, 1.54) is 135 Å². The smallest absolute Gasteiger partial charge is 0.306 e. The Morgan fingerprint density at radius 2 is 0.934 bits per heavy atom. The molecule has 10 nitrogen and oxygen atoms in total. The first-order valence-electron chi connectivity index (χ1n) is 25.1. The largest absolute Gasteiger partial charge is 0.462 e. The first-order valence-corrected chi connectivity index (χ1v) is 25.1. The number of carbonyl (C=O) groups excluding carboxylic acids is 2. The Morgan fingerprint density at radius 1 is 0.508 bits per heavy atom. The molecule has 0 aromatic carbocycles. The summed E-state index contributed by atoms with van der Waals surface area (Å²) >= 11 is 0. The summed E-state index contributed by atoms with van der Waals surface area (Å²) in [4.78, 5) is 25.4. The van der Waals surface area contributed by atoms with Crippen LogP contribution in [0.5, 0.6) is 0 Å². The van der Waals surface area contributed by atoms with Gasteiger partial charge < -0.3 is 39.4 Å². The van der Waals surface area contributed by atoms with Crippen molar-refractivity contribution >= 4 is 11.9 Å². The van der Waals surface area contributed by atoms with E-state index in [-0.39, 0.29) is 26.1 Å². The van der Waals surface area contributed by atoms with Crippen LogP contribution in [0.25, 0.3) is 0 Å². The minimum absolute atomic E-state index is 0.206. The molecule has 0 bridgehead atoms. The normalized spacial score (nSPS) is 20.0. The number of rotatable bonds is 42. The van der Waals surface area contributed by atoms with E-state index in [0.29, 0.717) is 12.8 Å². The number of hydrogen-bond donors (Lipinski definition) is 4. The number of hydrogen-bond acceptors (Lipinski definition) is 10. The van der Waals surface area contributed by atoms with Gasteiger partial charge in [0.25, 0.3) is 0 Å². The van der Waals surface area contributed by atoms with Crippen molar-refractivity contribution in [2.75, 3.05) is 19.8 Å². The zero-order valence-electron chi connectivity index (χ0n) is 38.9. The lowest BCUT2D eigenvalue weighted by Crippen LogP contribution is -2.59. The van der Waals surface area contributed by atoms with Gasteiger partial charge in [-0.2, -0.15) is 0 Å². The van der Waals surface area contributed by atoms with Gasteiger partial charge in [0.1, 0.15) is 31.0 Å². The fourth-order valence-electron chi connectivity index (χ4n) is 7.56. The van der Waals surface area contributed by atoms with Gasteiger partial charge in [-0.3, -0.25) is 9.59 Å². The highest BCUT2D eigenvalue weighted by molar-refractivity contribution is 5.70. The number of unbranched alkanes of at least 4 members (excludes halogenated alkanes) is 25. The predicted molar refractivity (Wildman–Crippen MR) is 247 cm³/mol. The summed E-state index contributed by atoms with van der Waals surface area (Å²) in [5.74, 6) is -0.859. The average Bonchev–Trinajstić information content (AvgIpc) is 3.26. The molecule has 356 valence electrons. The zero-order valence-corrected chi connectivity index (χ0v) is 38.9. The van der Waals surface area contributed by atoms with Crippen molar-refractivity contribution < 1.29 is 49.0 Å². The summed E-state index contributed by atoms with van der Waals surface area (Å²) in [6.07, 6.45) is 41.6. The standard InChI is InChI=1S/C51H92O10/c1-3-5-7-9-11-13-15-17-19-21-22-24-26-28-30-32-34-36-38-40-47(54)60-44(43-59-51-50(57)49(56)48(55)45(41-52)61-51)42-58-46(53)39-37-35-33-31-29-27-25-23-20-18-16-14-12-10-8-6-4-2/h18,20,25,27,31,33,44-45,48-52,55-57H,3-17,19,21-24,26,28-30,32,34-43H2,1-2H3/b20-18+,27-25+,33-31+/t44-,45-,48+,49?,50?,51-/m1/s1. The molecule has 1 rings (SSSR count). The Hall–Kier alpha value is -2.08. The van der Waals surface area contributed by atoms with Crippen molar-refractivity contribution in [3.05, 3.63) is 36.5 Å². The second-order valence-corrected chi connectivity index (χ2v) is 17.3. The van der Waals surface area contributed by atoms with Crippen molar-refractivity contribution in [1.82, 2.24) is 0 Å². The molecule has 1 saturated heterocycles. The number of aliphatic hydroxyl groups is 4. The number of carbonyl (C=O) groups is 2. The lowest BCUT2D eigenvalue weighted by Gasteiger charge is -2.39. The molecule has 0 aromatic heterocycles. The molecule has 1 aliphatic rings. The maximum absolute atomic E-state index is 12.8. The second kappa shape index (κ2) is 41.9. The Morgan fingerprint density at radius 3 is 1.43 bits per heavy atom. The first kappa shape index (κ1) is 56.9. The molecule has 4 N–H and O–H groups in total. The maximum Gasteiger partial charge on any atom is 0.306 e. The molecule has 10 heteroatoms. The van der Waals surface area contributed by atoms with Gasteiger partial charge in [-0.1, -0.05) is 198 Å². The number of ether oxygens (including phenoxy) is 4. The molecule has 1 aliphatic heterocycles. The highest BCUT2D eigenvalue weighted by Crippen LogP contribution is 2.23. The molecule has 0 aromatic rings. The summed E-state index contributed by atoms with van der Waals surface area (Å²) < 4.78 is 22.2. The Kier molecular flexibility index (Phi) is 39.1. The van der Waals surface area contributed by atoms with Crippen molar-refractivity contribution in [1.29, 1.82) is 0 Å². The fraction of sp³-hybridized carbons (Fsp3) is 0.843. The van der Waals surface area contributed by atoms with Crippen LogP contribution in [0.1, 0.15) is 219 Å². The minimum atomic E-state index is -1.60. The Bertz CT molecular complexity index is 1090. The monoisotopic (exact) mass is 865 g/mol. The van der Waals surface area contributed by atoms with Crippen LogP contribution in [0.2, 0.25) is 0 Å². The van der Waals surface area contributed by atoms with Crippen LogP contribution in [-0.4, -0.2) is 89.0 Å². The molecule has 0 radical (unpaired) electrons. The van der Waals surface area contributed by atoms with Crippen LogP contribution in [0, 0.1) is 0 Å². The van der Waals surface area contributed by atoms with Gasteiger partial charge in [0, 0.05) is 12.8 Å². The third kappa shape index (κ3) is 33.1. The molecule has 0 saturated carbocycles. The highest BCUT2D eigenvalue weighted by Gasteiger charge is 2.44. The van der Waals surface area contributed by atoms with Crippen LogP contribution in [-0.2, 0) is 28.5 Å². The minimum Gasteiger partial charge on any atom is -0.462 e. The molecule has 2 unspecified atom stereocenters. The Labute approximate surface area is 372 Å². The summed E-state index contributed by atoms with van der Waals surface area (Å²) in [5.41, 5.74) is 0. The van der Waals surface area contributed by atoms with Gasteiger partial charge in [-0.15, -0.1) is 0 Å². The van der Waals surface area contributed by atoms with Crippen LogP contribution in [0.3, 0.4) is 0 Å². The molecule has 6 atom stereocenters. The average molecular weight is 865 g/mol. The molecule has 61 heavy (non-hydrogen) atoms. The summed E-state index contributed by atoms with van der Waals surface area (Å²) in [6, 6.07) is 0. The van der Waals surface area contributed by atoms with E-state index in [2.05, 4.69) is 50.3 Å². The third-order valence-corrected chi connectivity index (χ3v) is 11.5. The van der Waals surface area contributed by atoms with Gasteiger partial charge in [0.15, 0.2) is 12.4 Å². The van der Waals surface area contributed by atoms with Gasteiger partial charge >= 0.3 is 11.9 Å². The summed E-state index contributed by atoms with van der Waals surface area (Å²) in [7, 11) is 0. The van der Waals surface area contributed by atoms with Crippen LogP contribution >= 0.6 is 0 Å². The zero-order chi connectivity index (χ0) is 44.4. The van der Waals surface area contributed by atoms with Crippen LogP contribution in [0.15, 0.2) is 36.5 Å². The highest BCUT2D eigenvalue weighted by atomic mass is 16.7. The quantitative estimate of drug-likeness (QED) is 0.0265. The second-order valence-electron chi connectivity index (χ2n) is 17.3. The molecular weight excluding hydrogens is 773 g/mol. The maximum atomic E-state index is 12.8. The summed E-state index contributed by atoms with van der Waals surface area (Å²) in [5, 5.41) is 40.2. The molecular formula is C51H92O10. The van der Waals surface area contributed by atoms with Crippen LogP contribution < -0.4 is 0 Å². The van der Waals surface area contributed by atoms with Gasteiger partial charge in [-0.25, -0.2) is 0 Å². The van der Waals surface area contributed by atoms with Gasteiger partial charge in [-0.05, 0) is 44.9 Å². The number of esters is 2. The lowest BCUT2D eigenvalue weighted by molar-refractivity contribution is -0.305. The van der Waals surface area contributed by atoms with Crippen molar-refractivity contribution in [3.8, 4) is 0 Å². The van der Waals surface area contributed by atoms with Crippen molar-refractivity contribution in [2.24, 2.45) is 0 Å². The predicted octanol–water partition coefficient (Wildman–Crippen LogP) is 11.4. The molecule has 0 aliphatic carbocycles. The topological polar surface area (TPSA) is 152 Å². The van der Waals surface area contributed by atoms with E-state index < -0.39 is 55.4 Å². The SMILES string of the molecule is CCCCCCCC/C=C/C/C=C/C/C=C/CCCC(=O)OC[C@H](CO[C@@H]1O[C@H](CO)[C@H](O)C(O)C1O)OC(=O)CCCCCCCCCCCCCCCCCCCCC. The van der Waals surface area contributed by atoms with Crippen molar-refractivity contribution in [2.45, 2.75) is 256 Å². The van der Waals surface area contributed by atoms with E-state index in [1.54, 1.807) is 0 Å². The van der Waals surface area contributed by atoms with Crippen LogP contribution in [0.4, 0.5) is 0 Å². The summed E-state index contributed by atoms with van der Waals surface area (Å²) in [6.45, 7) is 3.39. The number of aliphatic hydroxyl groups excluding tert-OH is 4. The van der Waals surface area contributed by atoms with E-state index in [9.17, 15) is 30.0 Å². The lowest BCUT2D eigenvalue weighted by atomic mass is 9.99. The van der Waals surface area contributed by atoms with E-state index in [1.807, 2.05) is 0 Å². The fourth-order valence-corrected chi connectivity index (χ4v) is 7.56. The molecule has 0 amide bonds.